The van der Waals surface area contributed by atoms with Gasteiger partial charge in [-0.25, -0.2) is 0 Å². The first kappa shape index (κ1) is 11.0. The lowest BCUT2D eigenvalue weighted by Gasteiger charge is -2.23. The van der Waals surface area contributed by atoms with Crippen molar-refractivity contribution in [3.05, 3.63) is 0 Å². The van der Waals surface area contributed by atoms with Crippen LogP contribution in [0.15, 0.2) is 0 Å². The molecule has 0 aromatic rings. The molecule has 0 aliphatic carbocycles. The number of esters is 1. The van der Waals surface area contributed by atoms with Gasteiger partial charge in [0.2, 0.25) is 0 Å². The third-order valence-electron chi connectivity index (χ3n) is 2.37. The van der Waals surface area contributed by atoms with E-state index in [1.165, 1.54) is 6.92 Å². The van der Waals surface area contributed by atoms with E-state index in [4.69, 9.17) is 0 Å². The van der Waals surface area contributed by atoms with E-state index >= 15 is 0 Å². The van der Waals surface area contributed by atoms with Gasteiger partial charge in [-0.15, -0.1) is 0 Å². The molecule has 0 saturated carbocycles. The van der Waals surface area contributed by atoms with Crippen LogP contribution in [0.2, 0.25) is 0 Å². The highest BCUT2D eigenvalue weighted by Crippen LogP contribution is 2.06. The van der Waals surface area contributed by atoms with Gasteiger partial charge in [0.15, 0.2) is 6.61 Å². The maximum Gasteiger partial charge on any atom is 0.303 e. The Morgan fingerprint density at radius 1 is 1.57 bits per heavy atom. The van der Waals surface area contributed by atoms with Crippen molar-refractivity contribution in [3.8, 4) is 0 Å². The second-order valence-corrected chi connectivity index (χ2v) is 3.43. The van der Waals surface area contributed by atoms with Gasteiger partial charge < -0.3 is 15.0 Å². The third-order valence-corrected chi connectivity index (χ3v) is 2.37. The summed E-state index contributed by atoms with van der Waals surface area (Å²) in [5.74, 6) is -0.565. The largest absolute Gasteiger partial charge is 0.456 e. The Kier molecular flexibility index (Phi) is 3.88. The van der Waals surface area contributed by atoms with E-state index in [9.17, 15) is 9.59 Å². The van der Waals surface area contributed by atoms with Gasteiger partial charge >= 0.3 is 5.97 Å². The van der Waals surface area contributed by atoms with Crippen LogP contribution in [-0.4, -0.2) is 49.6 Å². The number of hydrogen-bond acceptors (Lipinski definition) is 4. The predicted molar refractivity (Wildman–Crippen MR) is 50.7 cm³/mol. The number of amides is 1. The number of nitrogens with one attached hydrogen (secondary N) is 1. The fourth-order valence-electron chi connectivity index (χ4n) is 1.44. The van der Waals surface area contributed by atoms with Crippen LogP contribution in [0.4, 0.5) is 0 Å². The molecule has 1 saturated heterocycles. The lowest BCUT2D eigenvalue weighted by atomic mass is 10.2. The van der Waals surface area contributed by atoms with Crippen molar-refractivity contribution in [2.45, 2.75) is 19.4 Å². The van der Waals surface area contributed by atoms with Crippen LogP contribution in [-0.2, 0) is 14.3 Å². The molecule has 5 heteroatoms. The second-order valence-electron chi connectivity index (χ2n) is 3.43. The van der Waals surface area contributed by atoms with E-state index in [1.54, 1.807) is 11.9 Å². The van der Waals surface area contributed by atoms with Crippen molar-refractivity contribution in [1.82, 2.24) is 10.2 Å². The van der Waals surface area contributed by atoms with Crippen LogP contribution >= 0.6 is 0 Å². The van der Waals surface area contributed by atoms with Crippen molar-refractivity contribution in [1.29, 1.82) is 0 Å². The Morgan fingerprint density at radius 2 is 2.29 bits per heavy atom. The van der Waals surface area contributed by atoms with Crippen molar-refractivity contribution >= 4 is 11.9 Å². The summed E-state index contributed by atoms with van der Waals surface area (Å²) in [5.41, 5.74) is 0. The SMILES string of the molecule is CC(=O)OCC(=O)N(C)[C@@H]1CCNC1. The first-order chi connectivity index (χ1) is 6.61. The molecule has 1 fully saturated rings. The van der Waals surface area contributed by atoms with E-state index in [1.807, 2.05) is 0 Å². The lowest BCUT2D eigenvalue weighted by Crippen LogP contribution is -2.40. The second kappa shape index (κ2) is 4.95. The molecule has 0 bridgehead atoms. The summed E-state index contributed by atoms with van der Waals surface area (Å²) in [4.78, 5) is 23.6. The Labute approximate surface area is 83.4 Å². The van der Waals surface area contributed by atoms with Gasteiger partial charge in [-0.05, 0) is 13.0 Å². The third kappa shape index (κ3) is 2.99. The van der Waals surface area contributed by atoms with Gasteiger partial charge in [0.05, 0.1) is 0 Å². The fourth-order valence-corrected chi connectivity index (χ4v) is 1.44. The number of ether oxygens (including phenoxy) is 1. The molecule has 14 heavy (non-hydrogen) atoms. The van der Waals surface area contributed by atoms with E-state index in [-0.39, 0.29) is 18.6 Å². The zero-order valence-corrected chi connectivity index (χ0v) is 8.58. The van der Waals surface area contributed by atoms with Gasteiger partial charge in [-0.3, -0.25) is 9.59 Å². The summed E-state index contributed by atoms with van der Waals surface area (Å²) >= 11 is 0. The number of rotatable bonds is 3. The molecule has 80 valence electrons. The number of carbonyl (C=O) groups is 2. The van der Waals surface area contributed by atoms with E-state index in [0.29, 0.717) is 0 Å². The fraction of sp³-hybridized carbons (Fsp3) is 0.778. The highest BCUT2D eigenvalue weighted by Gasteiger charge is 2.23. The highest BCUT2D eigenvalue weighted by atomic mass is 16.5. The van der Waals surface area contributed by atoms with Crippen molar-refractivity contribution in [2.24, 2.45) is 0 Å². The molecule has 1 aliphatic heterocycles. The molecule has 5 nitrogen and oxygen atoms in total. The Bertz CT molecular complexity index is 224. The zero-order chi connectivity index (χ0) is 10.6. The minimum Gasteiger partial charge on any atom is -0.456 e. The molecule has 0 aromatic heterocycles. The average molecular weight is 200 g/mol. The summed E-state index contributed by atoms with van der Waals surface area (Å²) in [6.45, 7) is 2.91. The predicted octanol–water partition coefficient (Wildman–Crippen LogP) is -0.630. The summed E-state index contributed by atoms with van der Waals surface area (Å²) in [6.07, 6.45) is 0.961. The Balaban J connectivity index is 2.31. The molecule has 0 spiro atoms. The van der Waals surface area contributed by atoms with Crippen LogP contribution in [0.25, 0.3) is 0 Å². The maximum atomic E-state index is 11.5. The van der Waals surface area contributed by atoms with Gasteiger partial charge in [0.25, 0.3) is 5.91 Å². The molecule has 1 rings (SSSR count). The van der Waals surface area contributed by atoms with Crippen LogP contribution in [0.5, 0.6) is 0 Å². The number of hydrogen-bond donors (Lipinski definition) is 1. The van der Waals surface area contributed by atoms with E-state index in [0.717, 1.165) is 19.5 Å². The van der Waals surface area contributed by atoms with Gasteiger partial charge in [-0.2, -0.15) is 0 Å². The topological polar surface area (TPSA) is 58.6 Å². The quantitative estimate of drug-likeness (QED) is 0.616. The zero-order valence-electron chi connectivity index (χ0n) is 8.58. The van der Waals surface area contributed by atoms with E-state index in [2.05, 4.69) is 10.1 Å². The minimum absolute atomic E-state index is 0.145. The van der Waals surface area contributed by atoms with Crippen LogP contribution in [0.1, 0.15) is 13.3 Å². The van der Waals surface area contributed by atoms with Crippen LogP contribution in [0, 0.1) is 0 Å². The summed E-state index contributed by atoms with van der Waals surface area (Å²) in [7, 11) is 1.74. The molecule has 1 amide bonds. The van der Waals surface area contributed by atoms with Crippen LogP contribution in [0.3, 0.4) is 0 Å². The molecule has 0 aromatic carbocycles. The first-order valence-electron chi connectivity index (χ1n) is 4.71. The van der Waals surface area contributed by atoms with Crippen LogP contribution < -0.4 is 5.32 Å². The highest BCUT2D eigenvalue weighted by molar-refractivity contribution is 5.80. The molecule has 1 heterocycles. The van der Waals surface area contributed by atoms with E-state index < -0.39 is 5.97 Å². The molecular formula is C9H16N2O3. The normalized spacial score (nSPS) is 20.6. The van der Waals surface area contributed by atoms with Gasteiger partial charge in [-0.1, -0.05) is 0 Å². The molecule has 1 atom stereocenters. The monoisotopic (exact) mass is 200 g/mol. The standard InChI is InChI=1S/C9H16N2O3/c1-7(12)14-6-9(13)11(2)8-3-4-10-5-8/h8,10H,3-6H2,1-2H3/t8-/m1/s1. The van der Waals surface area contributed by atoms with Gasteiger partial charge in [0.1, 0.15) is 0 Å². The lowest BCUT2D eigenvalue weighted by molar-refractivity contribution is -0.150. The molecule has 1 N–H and O–H groups in total. The molecular weight excluding hydrogens is 184 g/mol. The molecule has 0 radical (unpaired) electrons. The maximum absolute atomic E-state index is 11.5. The first-order valence-corrected chi connectivity index (χ1v) is 4.71. The summed E-state index contributed by atoms with van der Waals surface area (Å²) < 4.78 is 4.63. The summed E-state index contributed by atoms with van der Waals surface area (Å²) in [6, 6.07) is 0.234. The summed E-state index contributed by atoms with van der Waals surface area (Å²) in [5, 5.41) is 3.17. The average Bonchev–Trinajstić information content (AvgIpc) is 2.65. The number of nitrogens with zero attached hydrogens (tertiary/aromatic N) is 1. The molecule has 0 unspecified atom stereocenters. The van der Waals surface area contributed by atoms with Crippen molar-refractivity contribution in [3.63, 3.8) is 0 Å². The Morgan fingerprint density at radius 3 is 2.79 bits per heavy atom. The van der Waals surface area contributed by atoms with Gasteiger partial charge in [0, 0.05) is 26.6 Å². The minimum atomic E-state index is -0.420. The number of carbonyl (C=O) groups excluding carboxylic acids is 2. The Hall–Kier alpha value is -1.10. The smallest absolute Gasteiger partial charge is 0.303 e. The molecule has 1 aliphatic rings. The van der Waals surface area contributed by atoms with Crippen molar-refractivity contribution < 1.29 is 14.3 Å². The number of likely N-dealkylation sites (N-methyl/N-ethyl adjacent to an activating group) is 1. The van der Waals surface area contributed by atoms with Crippen molar-refractivity contribution in [2.75, 3.05) is 26.7 Å².